The number of hydrogen-bond donors (Lipinski definition) is 2. The van der Waals surface area contributed by atoms with E-state index in [0.29, 0.717) is 6.54 Å². The van der Waals surface area contributed by atoms with Crippen molar-refractivity contribution in [3.05, 3.63) is 33.8 Å². The summed E-state index contributed by atoms with van der Waals surface area (Å²) in [5, 5.41) is 12.3. The fraction of sp³-hybridized carbons (Fsp3) is 0.417. The van der Waals surface area contributed by atoms with Gasteiger partial charge in [-0.25, -0.2) is 0 Å². The Morgan fingerprint density at radius 2 is 2.19 bits per heavy atom. The molecule has 86 valence electrons. The highest BCUT2D eigenvalue weighted by molar-refractivity contribution is 9.10. The summed E-state index contributed by atoms with van der Waals surface area (Å²) in [5.74, 6) is -0.949. The van der Waals surface area contributed by atoms with Gasteiger partial charge in [0.1, 0.15) is 0 Å². The number of rotatable bonds is 2. The van der Waals surface area contributed by atoms with Crippen molar-refractivity contribution in [2.24, 2.45) is 5.92 Å². The molecule has 16 heavy (non-hydrogen) atoms. The second-order valence-electron chi connectivity index (χ2n) is 4.27. The maximum absolute atomic E-state index is 11.1. The van der Waals surface area contributed by atoms with E-state index in [2.05, 4.69) is 27.3 Å². The van der Waals surface area contributed by atoms with Gasteiger partial charge in [-0.05, 0) is 30.2 Å². The molecule has 1 saturated heterocycles. The molecule has 1 aliphatic rings. The zero-order valence-electron chi connectivity index (χ0n) is 9.03. The van der Waals surface area contributed by atoms with Crippen LogP contribution in [0.4, 0.5) is 0 Å². The predicted octanol–water partition coefficient (Wildman–Crippen LogP) is 2.15. The molecule has 0 aliphatic carbocycles. The standard InChI is InChI=1S/C12H14BrNO2/c1-7-2-8(4-9(13)3-7)10-5-14-6-11(10)12(15)16/h2-4,10-11,14H,5-6H2,1H3,(H,15,16)/t10-,11+/m0/s1. The van der Waals surface area contributed by atoms with E-state index in [4.69, 9.17) is 5.11 Å². The first-order valence-electron chi connectivity index (χ1n) is 5.28. The van der Waals surface area contributed by atoms with Crippen molar-refractivity contribution in [2.75, 3.05) is 13.1 Å². The summed E-state index contributed by atoms with van der Waals surface area (Å²) in [4.78, 5) is 11.1. The molecule has 0 saturated carbocycles. The Morgan fingerprint density at radius 3 is 2.81 bits per heavy atom. The summed E-state index contributed by atoms with van der Waals surface area (Å²) in [6, 6.07) is 6.11. The van der Waals surface area contributed by atoms with Gasteiger partial charge in [-0.15, -0.1) is 0 Å². The Labute approximate surface area is 103 Å². The Morgan fingerprint density at radius 1 is 1.44 bits per heavy atom. The molecule has 0 radical (unpaired) electrons. The van der Waals surface area contributed by atoms with Crippen LogP contribution in [0.25, 0.3) is 0 Å². The summed E-state index contributed by atoms with van der Waals surface area (Å²) in [6.07, 6.45) is 0. The van der Waals surface area contributed by atoms with Crippen LogP contribution in [-0.4, -0.2) is 24.2 Å². The van der Waals surface area contributed by atoms with Crippen LogP contribution in [-0.2, 0) is 4.79 Å². The normalized spacial score (nSPS) is 24.6. The molecule has 1 aliphatic heterocycles. The molecule has 1 aromatic rings. The van der Waals surface area contributed by atoms with Crippen molar-refractivity contribution in [1.29, 1.82) is 0 Å². The highest BCUT2D eigenvalue weighted by Crippen LogP contribution is 2.30. The maximum Gasteiger partial charge on any atom is 0.308 e. The first-order valence-corrected chi connectivity index (χ1v) is 6.08. The molecule has 2 rings (SSSR count). The molecule has 0 unspecified atom stereocenters. The van der Waals surface area contributed by atoms with Crippen LogP contribution in [0.15, 0.2) is 22.7 Å². The van der Waals surface area contributed by atoms with Gasteiger partial charge >= 0.3 is 5.97 Å². The molecule has 1 aromatic carbocycles. The third-order valence-electron chi connectivity index (χ3n) is 3.02. The summed E-state index contributed by atoms with van der Waals surface area (Å²) >= 11 is 3.45. The van der Waals surface area contributed by atoms with E-state index in [1.807, 2.05) is 19.1 Å². The van der Waals surface area contributed by atoms with Crippen molar-refractivity contribution in [3.8, 4) is 0 Å². The monoisotopic (exact) mass is 283 g/mol. The van der Waals surface area contributed by atoms with Crippen LogP contribution < -0.4 is 5.32 Å². The molecule has 1 fully saturated rings. The quantitative estimate of drug-likeness (QED) is 0.874. The number of aliphatic carboxylic acids is 1. The van der Waals surface area contributed by atoms with Crippen molar-refractivity contribution >= 4 is 21.9 Å². The van der Waals surface area contributed by atoms with Gasteiger partial charge in [0.05, 0.1) is 5.92 Å². The van der Waals surface area contributed by atoms with Gasteiger partial charge in [0, 0.05) is 23.5 Å². The Balaban J connectivity index is 2.32. The maximum atomic E-state index is 11.1. The first-order chi connectivity index (χ1) is 7.58. The summed E-state index contributed by atoms with van der Waals surface area (Å²) < 4.78 is 1.01. The van der Waals surface area contributed by atoms with E-state index in [1.54, 1.807) is 0 Å². The van der Waals surface area contributed by atoms with Crippen LogP contribution in [0, 0.1) is 12.8 Å². The average molecular weight is 284 g/mol. The minimum absolute atomic E-state index is 0.0775. The fourth-order valence-corrected chi connectivity index (χ4v) is 2.89. The van der Waals surface area contributed by atoms with Gasteiger partial charge in [0.15, 0.2) is 0 Å². The van der Waals surface area contributed by atoms with E-state index < -0.39 is 5.97 Å². The van der Waals surface area contributed by atoms with Crippen molar-refractivity contribution in [3.63, 3.8) is 0 Å². The number of nitrogens with one attached hydrogen (secondary N) is 1. The van der Waals surface area contributed by atoms with Crippen LogP contribution in [0.2, 0.25) is 0 Å². The number of carboxylic acids is 1. The molecule has 4 heteroatoms. The van der Waals surface area contributed by atoms with Gasteiger partial charge in [-0.2, -0.15) is 0 Å². The molecule has 2 N–H and O–H groups in total. The number of carboxylic acid groups (broad SMARTS) is 1. The zero-order valence-corrected chi connectivity index (χ0v) is 10.6. The lowest BCUT2D eigenvalue weighted by molar-refractivity contribution is -0.141. The number of halogens is 1. The minimum Gasteiger partial charge on any atom is -0.481 e. The summed E-state index contributed by atoms with van der Waals surface area (Å²) in [5.41, 5.74) is 2.25. The Bertz CT molecular complexity index is 399. The molecule has 1 heterocycles. The van der Waals surface area contributed by atoms with Crippen molar-refractivity contribution < 1.29 is 9.90 Å². The average Bonchev–Trinajstić information content (AvgIpc) is 2.63. The number of aryl methyl sites for hydroxylation is 1. The van der Waals surface area contributed by atoms with E-state index in [0.717, 1.165) is 22.1 Å². The third kappa shape index (κ3) is 2.28. The molecule has 2 atom stereocenters. The molecule has 0 aromatic heterocycles. The second-order valence-corrected chi connectivity index (χ2v) is 5.19. The molecule has 0 spiro atoms. The summed E-state index contributed by atoms with van der Waals surface area (Å²) in [6.45, 7) is 3.32. The zero-order chi connectivity index (χ0) is 11.7. The lowest BCUT2D eigenvalue weighted by atomic mass is 9.88. The second kappa shape index (κ2) is 4.55. The lowest BCUT2D eigenvalue weighted by Gasteiger charge is -2.16. The smallest absolute Gasteiger partial charge is 0.308 e. The first kappa shape index (κ1) is 11.6. The topological polar surface area (TPSA) is 49.3 Å². The highest BCUT2D eigenvalue weighted by Gasteiger charge is 2.33. The number of hydrogen-bond acceptors (Lipinski definition) is 2. The third-order valence-corrected chi connectivity index (χ3v) is 3.48. The lowest BCUT2D eigenvalue weighted by Crippen LogP contribution is -2.21. The van der Waals surface area contributed by atoms with Gasteiger partial charge in [0.2, 0.25) is 0 Å². The van der Waals surface area contributed by atoms with Crippen LogP contribution in [0.5, 0.6) is 0 Å². The van der Waals surface area contributed by atoms with Crippen LogP contribution in [0.3, 0.4) is 0 Å². The number of benzene rings is 1. The fourth-order valence-electron chi connectivity index (χ4n) is 2.27. The van der Waals surface area contributed by atoms with Crippen LogP contribution >= 0.6 is 15.9 Å². The van der Waals surface area contributed by atoms with Gasteiger partial charge in [-0.3, -0.25) is 4.79 Å². The van der Waals surface area contributed by atoms with E-state index in [9.17, 15) is 4.79 Å². The SMILES string of the molecule is Cc1cc(Br)cc([C@@H]2CNC[C@H]2C(=O)O)c1. The molecular formula is C12H14BrNO2. The predicted molar refractivity (Wildman–Crippen MR) is 65.6 cm³/mol. The molecule has 0 amide bonds. The number of carbonyl (C=O) groups is 1. The van der Waals surface area contributed by atoms with Gasteiger partial charge < -0.3 is 10.4 Å². The molecule has 3 nitrogen and oxygen atoms in total. The molecule has 0 bridgehead atoms. The highest BCUT2D eigenvalue weighted by atomic mass is 79.9. The van der Waals surface area contributed by atoms with E-state index in [-0.39, 0.29) is 11.8 Å². The molecular weight excluding hydrogens is 270 g/mol. The largest absolute Gasteiger partial charge is 0.481 e. The van der Waals surface area contributed by atoms with Gasteiger partial charge in [0.25, 0.3) is 0 Å². The minimum atomic E-state index is -0.715. The Kier molecular flexibility index (Phi) is 3.30. The van der Waals surface area contributed by atoms with E-state index in [1.165, 1.54) is 0 Å². The Hall–Kier alpha value is -0.870. The van der Waals surface area contributed by atoms with Crippen molar-refractivity contribution in [2.45, 2.75) is 12.8 Å². The van der Waals surface area contributed by atoms with Crippen molar-refractivity contribution in [1.82, 2.24) is 5.32 Å². The van der Waals surface area contributed by atoms with E-state index >= 15 is 0 Å². The summed E-state index contributed by atoms with van der Waals surface area (Å²) in [7, 11) is 0. The van der Waals surface area contributed by atoms with Crippen LogP contribution in [0.1, 0.15) is 17.0 Å². The van der Waals surface area contributed by atoms with Gasteiger partial charge in [-0.1, -0.05) is 22.0 Å².